The third-order valence-electron chi connectivity index (χ3n) is 3.87. The molecule has 3 N–H and O–H groups in total. The Morgan fingerprint density at radius 2 is 1.86 bits per heavy atom. The zero-order valence-electron chi connectivity index (χ0n) is 13.6. The molecule has 0 aliphatic carbocycles. The van der Waals surface area contributed by atoms with E-state index in [4.69, 9.17) is 4.74 Å². The van der Waals surface area contributed by atoms with Crippen LogP contribution in [0, 0.1) is 13.8 Å². The molecular weight excluding hydrogens is 274 g/mol. The van der Waals surface area contributed by atoms with Gasteiger partial charge in [0.15, 0.2) is 0 Å². The average Bonchev–Trinajstić information content (AvgIpc) is 2.51. The van der Waals surface area contributed by atoms with E-state index >= 15 is 0 Å². The second kappa shape index (κ2) is 7.97. The molecule has 0 radical (unpaired) electrons. The Balaban J connectivity index is 1.78. The van der Waals surface area contributed by atoms with E-state index in [0.717, 1.165) is 11.3 Å². The number of ether oxygens (including phenoxy) is 1. The summed E-state index contributed by atoms with van der Waals surface area (Å²) < 4.78 is 5.64. The molecule has 3 heteroatoms. The molecule has 2 rings (SSSR count). The van der Waals surface area contributed by atoms with E-state index in [2.05, 4.69) is 43.4 Å². The van der Waals surface area contributed by atoms with Crippen LogP contribution in [0.5, 0.6) is 5.75 Å². The predicted molar refractivity (Wildman–Crippen MR) is 89.1 cm³/mol. The van der Waals surface area contributed by atoms with E-state index in [1.54, 1.807) is 0 Å². The number of aliphatic hydroxyl groups excluding tert-OH is 1. The van der Waals surface area contributed by atoms with E-state index < -0.39 is 6.10 Å². The van der Waals surface area contributed by atoms with Gasteiger partial charge in [0.2, 0.25) is 0 Å². The molecule has 0 bridgehead atoms. The molecule has 0 aliphatic rings. The van der Waals surface area contributed by atoms with Gasteiger partial charge in [-0.1, -0.05) is 36.4 Å². The van der Waals surface area contributed by atoms with Crippen LogP contribution >= 0.6 is 0 Å². The van der Waals surface area contributed by atoms with Gasteiger partial charge >= 0.3 is 0 Å². The zero-order chi connectivity index (χ0) is 15.9. The summed E-state index contributed by atoms with van der Waals surface area (Å²) >= 11 is 0. The van der Waals surface area contributed by atoms with Gasteiger partial charge < -0.3 is 15.2 Å². The predicted octanol–water partition coefficient (Wildman–Crippen LogP) is 2.37. The molecule has 0 heterocycles. The minimum Gasteiger partial charge on any atom is -0.491 e. The van der Waals surface area contributed by atoms with Crippen molar-refractivity contribution in [1.29, 1.82) is 0 Å². The number of aryl methyl sites for hydroxylation is 2. The van der Waals surface area contributed by atoms with Gasteiger partial charge in [0, 0.05) is 5.56 Å². The zero-order valence-corrected chi connectivity index (χ0v) is 13.6. The minimum atomic E-state index is -0.480. The second-order valence-corrected chi connectivity index (χ2v) is 5.90. The molecular formula is C19H26NO2+. The largest absolute Gasteiger partial charge is 0.491 e. The van der Waals surface area contributed by atoms with Gasteiger partial charge in [0.25, 0.3) is 0 Å². The Labute approximate surface area is 133 Å². The Morgan fingerprint density at radius 1 is 1.09 bits per heavy atom. The van der Waals surface area contributed by atoms with E-state index in [0.29, 0.717) is 19.2 Å². The first kappa shape index (κ1) is 16.5. The standard InChI is InChI=1S/C19H25NO2/c1-14-7-6-9-18(11-14)22-13-17(21)12-20-16(3)19-10-5-4-8-15(19)2/h4-11,16-17,20-21H,12-13H2,1-3H3/p+1/t16-,17-/m1/s1. The van der Waals surface area contributed by atoms with Crippen molar-refractivity contribution in [3.8, 4) is 5.75 Å². The maximum absolute atomic E-state index is 10.1. The first-order valence-corrected chi connectivity index (χ1v) is 7.82. The molecule has 0 unspecified atom stereocenters. The van der Waals surface area contributed by atoms with Crippen LogP contribution in [0.2, 0.25) is 0 Å². The molecule has 22 heavy (non-hydrogen) atoms. The number of rotatable bonds is 7. The molecule has 118 valence electrons. The summed E-state index contributed by atoms with van der Waals surface area (Å²) in [6.45, 7) is 7.26. The van der Waals surface area contributed by atoms with Crippen LogP contribution in [0.4, 0.5) is 0 Å². The highest BCUT2D eigenvalue weighted by molar-refractivity contribution is 5.27. The van der Waals surface area contributed by atoms with Gasteiger partial charge in [-0.3, -0.25) is 0 Å². The van der Waals surface area contributed by atoms with Crippen molar-refractivity contribution in [3.63, 3.8) is 0 Å². The van der Waals surface area contributed by atoms with E-state index in [1.165, 1.54) is 11.1 Å². The summed E-state index contributed by atoms with van der Waals surface area (Å²) in [6, 6.07) is 16.6. The van der Waals surface area contributed by atoms with Crippen LogP contribution in [-0.2, 0) is 0 Å². The quantitative estimate of drug-likeness (QED) is 0.824. The van der Waals surface area contributed by atoms with Gasteiger partial charge in [-0.05, 0) is 44.0 Å². The number of aliphatic hydroxyl groups is 1. The molecule has 0 aliphatic heterocycles. The van der Waals surface area contributed by atoms with Crippen LogP contribution in [0.15, 0.2) is 48.5 Å². The van der Waals surface area contributed by atoms with Crippen LogP contribution < -0.4 is 10.1 Å². The van der Waals surface area contributed by atoms with Crippen molar-refractivity contribution in [2.45, 2.75) is 32.9 Å². The van der Waals surface area contributed by atoms with Crippen molar-refractivity contribution in [1.82, 2.24) is 0 Å². The fourth-order valence-electron chi connectivity index (χ4n) is 2.55. The van der Waals surface area contributed by atoms with Gasteiger partial charge in [0.1, 0.15) is 31.0 Å². The Morgan fingerprint density at radius 3 is 2.59 bits per heavy atom. The number of benzene rings is 2. The summed E-state index contributed by atoms with van der Waals surface area (Å²) in [5, 5.41) is 12.2. The first-order chi connectivity index (χ1) is 10.6. The average molecular weight is 300 g/mol. The van der Waals surface area contributed by atoms with Crippen molar-refractivity contribution >= 4 is 0 Å². The van der Waals surface area contributed by atoms with Crippen LogP contribution in [0.3, 0.4) is 0 Å². The highest BCUT2D eigenvalue weighted by atomic mass is 16.5. The van der Waals surface area contributed by atoms with Crippen molar-refractivity contribution < 1.29 is 15.2 Å². The molecule has 0 spiro atoms. The van der Waals surface area contributed by atoms with E-state index in [1.807, 2.05) is 31.2 Å². The van der Waals surface area contributed by atoms with E-state index in [9.17, 15) is 5.11 Å². The molecule has 3 nitrogen and oxygen atoms in total. The van der Waals surface area contributed by atoms with Crippen LogP contribution in [0.25, 0.3) is 0 Å². The Bertz CT molecular complexity index is 597. The fraction of sp³-hybridized carbons (Fsp3) is 0.368. The summed E-state index contributed by atoms with van der Waals surface area (Å²) in [6.07, 6.45) is -0.480. The van der Waals surface area contributed by atoms with Crippen molar-refractivity contribution in [2.75, 3.05) is 13.2 Å². The van der Waals surface area contributed by atoms with Crippen LogP contribution in [-0.4, -0.2) is 24.4 Å². The maximum atomic E-state index is 10.1. The Kier molecular flexibility index (Phi) is 5.99. The van der Waals surface area contributed by atoms with E-state index in [-0.39, 0.29) is 0 Å². The second-order valence-electron chi connectivity index (χ2n) is 5.90. The first-order valence-electron chi connectivity index (χ1n) is 7.82. The third-order valence-corrected chi connectivity index (χ3v) is 3.87. The Hall–Kier alpha value is -1.84. The number of hydrogen-bond acceptors (Lipinski definition) is 2. The fourth-order valence-corrected chi connectivity index (χ4v) is 2.55. The lowest BCUT2D eigenvalue weighted by Gasteiger charge is -2.16. The summed E-state index contributed by atoms with van der Waals surface area (Å²) in [5.41, 5.74) is 3.76. The third kappa shape index (κ3) is 4.86. The number of hydrogen-bond donors (Lipinski definition) is 2. The molecule has 2 aromatic carbocycles. The lowest BCUT2D eigenvalue weighted by molar-refractivity contribution is -0.698. The molecule has 0 amide bonds. The summed E-state index contributed by atoms with van der Waals surface area (Å²) in [7, 11) is 0. The van der Waals surface area contributed by atoms with Gasteiger partial charge in [0.05, 0.1) is 0 Å². The van der Waals surface area contributed by atoms with Gasteiger partial charge in [-0.25, -0.2) is 0 Å². The molecule has 2 atom stereocenters. The van der Waals surface area contributed by atoms with Crippen molar-refractivity contribution in [3.05, 3.63) is 65.2 Å². The summed E-state index contributed by atoms with van der Waals surface area (Å²) in [5.74, 6) is 0.811. The van der Waals surface area contributed by atoms with Gasteiger partial charge in [-0.2, -0.15) is 0 Å². The highest BCUT2D eigenvalue weighted by Crippen LogP contribution is 2.14. The lowest BCUT2D eigenvalue weighted by atomic mass is 10.0. The monoisotopic (exact) mass is 300 g/mol. The molecule has 0 fully saturated rings. The molecule has 2 aromatic rings. The molecule has 0 aromatic heterocycles. The smallest absolute Gasteiger partial charge is 0.137 e. The minimum absolute atomic E-state index is 0.320. The molecule has 0 saturated carbocycles. The maximum Gasteiger partial charge on any atom is 0.137 e. The lowest BCUT2D eigenvalue weighted by Crippen LogP contribution is -2.87. The number of nitrogens with two attached hydrogens (primary N) is 1. The topological polar surface area (TPSA) is 46.1 Å². The highest BCUT2D eigenvalue weighted by Gasteiger charge is 2.14. The van der Waals surface area contributed by atoms with Gasteiger partial charge in [-0.15, -0.1) is 0 Å². The summed E-state index contributed by atoms with van der Waals surface area (Å²) in [4.78, 5) is 0. The molecule has 0 saturated heterocycles. The van der Waals surface area contributed by atoms with Crippen LogP contribution in [0.1, 0.15) is 29.7 Å². The number of quaternary nitrogens is 1. The van der Waals surface area contributed by atoms with Crippen molar-refractivity contribution in [2.24, 2.45) is 0 Å². The normalized spacial score (nSPS) is 13.6. The SMILES string of the molecule is Cc1cccc(OC[C@H](O)C[NH2+][C@H](C)c2ccccc2C)c1.